The molecule has 0 bridgehead atoms. The maximum atomic E-state index is 15.0. The third-order valence-electron chi connectivity index (χ3n) is 5.36. The third kappa shape index (κ3) is 3.87. The first-order chi connectivity index (χ1) is 17.1. The zero-order valence-electron chi connectivity index (χ0n) is 17.2. The molecule has 37 heavy (non-hydrogen) atoms. The van der Waals surface area contributed by atoms with Crippen LogP contribution in [0, 0.1) is 87.3 Å². The Kier molecular flexibility index (Phi) is 7.60. The molecule has 0 nitrogen and oxygen atoms in total. The summed E-state index contributed by atoms with van der Waals surface area (Å²) in [7, 11) is 0. The number of hydrogen-bond acceptors (Lipinski definition) is 0. The molecule has 0 aliphatic carbocycles. The zero-order chi connectivity index (χ0) is 28.3. The van der Waals surface area contributed by atoms with Gasteiger partial charge in [0.2, 0.25) is 0 Å². The van der Waals surface area contributed by atoms with Crippen LogP contribution >= 0.6 is 0 Å². The molecule has 198 valence electrons. The van der Waals surface area contributed by atoms with Crippen molar-refractivity contribution >= 4 is 29.1 Å². The second-order valence-corrected chi connectivity index (χ2v) is 17.8. The summed E-state index contributed by atoms with van der Waals surface area (Å²) in [6.45, 7) is 2.92. The molecule has 0 atom stereocenters. The van der Waals surface area contributed by atoms with Gasteiger partial charge in [0.05, 0.1) is 0 Å². The van der Waals surface area contributed by atoms with Gasteiger partial charge in [-0.2, -0.15) is 0 Å². The maximum absolute atomic E-state index is 15.0. The molecule has 0 saturated carbocycles. The summed E-state index contributed by atoms with van der Waals surface area (Å²) in [5, 5.41) is 0. The topological polar surface area (TPSA) is 0 Å². The molecular formula is C21H5F15Sn. The fraction of sp³-hybridized carbons (Fsp3) is 0.0476. The second-order valence-electron chi connectivity index (χ2n) is 7.23. The standard InChI is InChI=1S/3C6F5.C3H5.Sn/c3*7-2-1-3(8)5(10)6(11)4(2)9;1-3-2;/h;;;3H,1-2H2;. The van der Waals surface area contributed by atoms with E-state index in [1.54, 1.807) is 0 Å². The average molecular weight is 661 g/mol. The Labute approximate surface area is 199 Å². The predicted molar refractivity (Wildman–Crippen MR) is 98.4 cm³/mol. The summed E-state index contributed by atoms with van der Waals surface area (Å²) in [6, 6.07) is 0. The van der Waals surface area contributed by atoms with E-state index in [-0.39, 0.29) is 6.08 Å². The first kappa shape index (κ1) is 28.7. The third-order valence-corrected chi connectivity index (χ3v) is 19.0. The van der Waals surface area contributed by atoms with Gasteiger partial charge in [0, 0.05) is 0 Å². The van der Waals surface area contributed by atoms with E-state index in [0.29, 0.717) is 0 Å². The number of rotatable bonds is 5. The van der Waals surface area contributed by atoms with Gasteiger partial charge in [-0.15, -0.1) is 0 Å². The minimum atomic E-state index is -7.90. The summed E-state index contributed by atoms with van der Waals surface area (Å²) in [6.07, 6.45) is 0.254. The van der Waals surface area contributed by atoms with Crippen LogP contribution in [0.1, 0.15) is 0 Å². The molecule has 0 N–H and O–H groups in total. The molecule has 0 unspecified atom stereocenters. The van der Waals surface area contributed by atoms with E-state index < -0.39 is 121 Å². The predicted octanol–water partition coefficient (Wildman–Crippen LogP) is 5.43. The summed E-state index contributed by atoms with van der Waals surface area (Å²) < 4.78 is 206. The number of benzene rings is 3. The Bertz CT molecular complexity index is 1230. The first-order valence-corrected chi connectivity index (χ1v) is 15.6. The Morgan fingerprint density at radius 1 is 0.351 bits per heavy atom. The van der Waals surface area contributed by atoms with Crippen molar-refractivity contribution in [3.8, 4) is 0 Å². The van der Waals surface area contributed by atoms with Gasteiger partial charge in [0.25, 0.3) is 0 Å². The molecule has 0 amide bonds. The van der Waals surface area contributed by atoms with E-state index >= 15 is 0 Å². The van der Waals surface area contributed by atoms with Gasteiger partial charge in [-0.25, -0.2) is 0 Å². The van der Waals surface area contributed by atoms with Gasteiger partial charge >= 0.3 is 199 Å². The number of halogens is 15. The van der Waals surface area contributed by atoms with E-state index in [1.165, 1.54) is 0 Å². The van der Waals surface area contributed by atoms with E-state index in [2.05, 4.69) is 6.58 Å². The summed E-state index contributed by atoms with van der Waals surface area (Å²) in [5.74, 6) is -44.6. The van der Waals surface area contributed by atoms with Crippen molar-refractivity contribution in [1.29, 1.82) is 0 Å². The van der Waals surface area contributed by atoms with Crippen molar-refractivity contribution in [3.05, 3.63) is 99.9 Å². The van der Waals surface area contributed by atoms with Crippen molar-refractivity contribution in [3.63, 3.8) is 0 Å². The molecule has 3 rings (SSSR count). The van der Waals surface area contributed by atoms with Gasteiger partial charge in [0.1, 0.15) is 0 Å². The summed E-state index contributed by atoms with van der Waals surface area (Å²) >= 11 is -7.90. The molecule has 3 aromatic carbocycles. The van der Waals surface area contributed by atoms with E-state index in [1.807, 2.05) is 0 Å². The second kappa shape index (κ2) is 9.79. The van der Waals surface area contributed by atoms with Crippen LogP contribution in [0.15, 0.2) is 12.7 Å². The van der Waals surface area contributed by atoms with Crippen LogP contribution in [0.3, 0.4) is 0 Å². The van der Waals surface area contributed by atoms with E-state index in [4.69, 9.17) is 0 Å². The van der Waals surface area contributed by atoms with Gasteiger partial charge in [0.15, 0.2) is 0 Å². The molecule has 0 aliphatic heterocycles. The fourth-order valence-electron chi connectivity index (χ4n) is 3.84. The first-order valence-electron chi connectivity index (χ1n) is 9.25. The monoisotopic (exact) mass is 662 g/mol. The molecule has 3 aromatic rings. The molecule has 0 fully saturated rings. The Balaban J connectivity index is 2.88. The van der Waals surface area contributed by atoms with Crippen molar-refractivity contribution in [2.24, 2.45) is 0 Å². The number of allylic oxidation sites excluding steroid dienone is 1. The SMILES string of the molecule is C=C[CH2][Sn]([c]1c(F)c(F)c(F)c(F)c1F)([c]1c(F)c(F)c(F)c(F)c1F)[c]1c(F)c(F)c(F)c(F)c1F. The van der Waals surface area contributed by atoms with E-state index in [0.717, 1.165) is 0 Å². The van der Waals surface area contributed by atoms with Crippen LogP contribution in [0.25, 0.3) is 0 Å². The Morgan fingerprint density at radius 2 is 0.514 bits per heavy atom. The Morgan fingerprint density at radius 3 is 0.676 bits per heavy atom. The molecule has 0 radical (unpaired) electrons. The molecule has 0 aromatic heterocycles. The van der Waals surface area contributed by atoms with Crippen LogP contribution in [-0.4, -0.2) is 18.4 Å². The van der Waals surface area contributed by atoms with Gasteiger partial charge in [-0.3, -0.25) is 0 Å². The van der Waals surface area contributed by atoms with Crippen molar-refractivity contribution in [2.45, 2.75) is 4.44 Å². The summed E-state index contributed by atoms with van der Waals surface area (Å²) in [5.41, 5.74) is 0. The summed E-state index contributed by atoms with van der Waals surface area (Å²) in [4.78, 5) is 0. The van der Waals surface area contributed by atoms with E-state index in [9.17, 15) is 65.9 Å². The Hall–Kier alpha value is -2.85. The van der Waals surface area contributed by atoms with Crippen LogP contribution in [0.5, 0.6) is 0 Å². The normalized spacial score (nSPS) is 11.9. The zero-order valence-corrected chi connectivity index (χ0v) is 20.0. The van der Waals surface area contributed by atoms with Crippen LogP contribution in [0.2, 0.25) is 4.44 Å². The van der Waals surface area contributed by atoms with Crippen LogP contribution in [-0.2, 0) is 0 Å². The molecule has 0 spiro atoms. The molecule has 16 heteroatoms. The average Bonchev–Trinajstić information content (AvgIpc) is 2.86. The van der Waals surface area contributed by atoms with Crippen LogP contribution in [0.4, 0.5) is 65.9 Å². The van der Waals surface area contributed by atoms with Crippen molar-refractivity contribution in [2.75, 3.05) is 0 Å². The fourth-order valence-corrected chi connectivity index (χ4v) is 17.3. The van der Waals surface area contributed by atoms with Gasteiger partial charge in [-0.05, 0) is 0 Å². The van der Waals surface area contributed by atoms with Crippen LogP contribution < -0.4 is 10.7 Å². The van der Waals surface area contributed by atoms with Gasteiger partial charge < -0.3 is 0 Å². The number of hydrogen-bond donors (Lipinski definition) is 0. The quantitative estimate of drug-likeness (QED) is 0.113. The molecule has 0 heterocycles. The molecule has 0 aliphatic rings. The van der Waals surface area contributed by atoms with Crippen molar-refractivity contribution in [1.82, 2.24) is 0 Å². The minimum absolute atomic E-state index is 0.254. The van der Waals surface area contributed by atoms with Gasteiger partial charge in [-0.1, -0.05) is 0 Å². The molecule has 0 saturated heterocycles. The van der Waals surface area contributed by atoms with Crippen molar-refractivity contribution < 1.29 is 65.9 Å². The molecular weight excluding hydrogens is 656 g/mol.